The van der Waals surface area contributed by atoms with E-state index in [1.807, 2.05) is 0 Å². The molecular weight excluding hydrogens is 406 g/mol. The molecular formula is C29H43N3O. The van der Waals surface area contributed by atoms with Crippen LogP contribution in [0.2, 0.25) is 0 Å². The Kier molecular flexibility index (Phi) is 6.15. The molecule has 180 valence electrons. The minimum atomic E-state index is 0.138. The number of benzene rings is 1. The summed E-state index contributed by atoms with van der Waals surface area (Å²) in [5, 5.41) is 3.62. The van der Waals surface area contributed by atoms with Crippen LogP contribution in [0.25, 0.3) is 0 Å². The maximum Gasteiger partial charge on any atom is 0.317 e. The Bertz CT molecular complexity index is 780. The molecule has 2 aliphatic heterocycles. The highest BCUT2D eigenvalue weighted by atomic mass is 16.2. The third-order valence-electron chi connectivity index (χ3n) is 9.81. The first-order valence-corrected chi connectivity index (χ1v) is 14.0. The van der Waals surface area contributed by atoms with Crippen molar-refractivity contribution in [3.8, 4) is 0 Å². The Balaban J connectivity index is 0.976. The van der Waals surface area contributed by atoms with Crippen LogP contribution in [0.3, 0.4) is 0 Å². The second kappa shape index (κ2) is 9.24. The fraction of sp³-hybridized carbons (Fsp3) is 0.759. The van der Waals surface area contributed by atoms with E-state index in [9.17, 15) is 4.79 Å². The third-order valence-corrected chi connectivity index (χ3v) is 9.81. The largest absolute Gasteiger partial charge is 0.333 e. The third kappa shape index (κ3) is 4.97. The van der Waals surface area contributed by atoms with Crippen molar-refractivity contribution in [2.24, 2.45) is 29.6 Å². The predicted molar refractivity (Wildman–Crippen MR) is 133 cm³/mol. The van der Waals surface area contributed by atoms with Gasteiger partial charge >= 0.3 is 6.03 Å². The zero-order valence-corrected chi connectivity index (χ0v) is 20.4. The van der Waals surface area contributed by atoms with Crippen LogP contribution in [0.4, 0.5) is 4.79 Å². The molecule has 4 bridgehead atoms. The van der Waals surface area contributed by atoms with Crippen molar-refractivity contribution in [1.82, 2.24) is 15.1 Å². The lowest BCUT2D eigenvalue weighted by atomic mass is 9.53. The van der Waals surface area contributed by atoms with E-state index in [0.29, 0.717) is 5.92 Å². The molecule has 7 rings (SSSR count). The fourth-order valence-corrected chi connectivity index (χ4v) is 8.65. The van der Waals surface area contributed by atoms with Crippen LogP contribution in [-0.4, -0.2) is 54.1 Å². The molecule has 1 unspecified atom stereocenters. The van der Waals surface area contributed by atoms with Crippen LogP contribution in [0.5, 0.6) is 0 Å². The van der Waals surface area contributed by atoms with Crippen LogP contribution in [0.1, 0.15) is 69.8 Å². The zero-order chi connectivity index (χ0) is 22.3. The van der Waals surface area contributed by atoms with E-state index in [1.54, 1.807) is 0 Å². The van der Waals surface area contributed by atoms with Crippen LogP contribution in [-0.2, 0) is 6.42 Å². The van der Waals surface area contributed by atoms with Crippen LogP contribution >= 0.6 is 0 Å². The number of piperidine rings is 2. The van der Waals surface area contributed by atoms with E-state index >= 15 is 0 Å². The van der Waals surface area contributed by atoms with Gasteiger partial charge < -0.3 is 15.1 Å². The molecule has 0 spiro atoms. The number of likely N-dealkylation sites (tertiary alicyclic amines) is 2. The van der Waals surface area contributed by atoms with Crippen molar-refractivity contribution < 1.29 is 4.79 Å². The Morgan fingerprint density at radius 3 is 2.21 bits per heavy atom. The summed E-state index contributed by atoms with van der Waals surface area (Å²) in [7, 11) is 0. The number of hydrogen-bond donors (Lipinski definition) is 1. The van der Waals surface area contributed by atoms with Gasteiger partial charge in [-0.15, -0.1) is 0 Å². The Labute approximate surface area is 200 Å². The molecule has 33 heavy (non-hydrogen) atoms. The highest BCUT2D eigenvalue weighted by Gasteiger charge is 2.52. The van der Waals surface area contributed by atoms with Crippen LogP contribution in [0.15, 0.2) is 30.3 Å². The standard InChI is InChI=1S/C29H43N3O/c33-28(30-29-17-25-14-26(18-29)16-27(15-25)19-29)32-10-4-7-24(21-32)20-31-11-8-23(9-12-31)13-22-5-2-1-3-6-22/h1-3,5-6,23-27H,4,7-21H2,(H,30,33). The van der Waals surface area contributed by atoms with Crippen LogP contribution < -0.4 is 5.32 Å². The lowest BCUT2D eigenvalue weighted by Crippen LogP contribution is -2.62. The first kappa shape index (κ1) is 21.9. The average molecular weight is 450 g/mol. The van der Waals surface area contributed by atoms with Crippen molar-refractivity contribution in [3.63, 3.8) is 0 Å². The maximum atomic E-state index is 13.3. The molecule has 2 saturated heterocycles. The van der Waals surface area contributed by atoms with Gasteiger partial charge in [0.15, 0.2) is 0 Å². The molecule has 4 nitrogen and oxygen atoms in total. The van der Waals surface area contributed by atoms with Gasteiger partial charge in [-0.3, -0.25) is 0 Å². The summed E-state index contributed by atoms with van der Waals surface area (Å²) < 4.78 is 0. The van der Waals surface area contributed by atoms with Crippen molar-refractivity contribution in [2.45, 2.75) is 76.2 Å². The molecule has 1 atom stereocenters. The number of carbonyl (C=O) groups is 1. The van der Waals surface area contributed by atoms with Crippen molar-refractivity contribution >= 4 is 6.03 Å². The Morgan fingerprint density at radius 1 is 0.879 bits per heavy atom. The lowest BCUT2D eigenvalue weighted by molar-refractivity contribution is -0.0165. The number of hydrogen-bond acceptors (Lipinski definition) is 2. The van der Waals surface area contributed by atoms with E-state index in [-0.39, 0.29) is 11.6 Å². The van der Waals surface area contributed by atoms with Gasteiger partial charge in [0.2, 0.25) is 0 Å². The highest BCUT2D eigenvalue weighted by Crippen LogP contribution is 2.55. The van der Waals surface area contributed by atoms with Crippen molar-refractivity contribution in [2.75, 3.05) is 32.7 Å². The first-order chi connectivity index (χ1) is 16.1. The quantitative estimate of drug-likeness (QED) is 0.659. The normalized spacial score (nSPS) is 36.8. The van der Waals surface area contributed by atoms with Gasteiger partial charge in [-0.2, -0.15) is 0 Å². The minimum Gasteiger partial charge on any atom is -0.333 e. The molecule has 2 heterocycles. The van der Waals surface area contributed by atoms with E-state index in [0.717, 1.165) is 36.8 Å². The number of urea groups is 1. The molecule has 2 amide bonds. The smallest absolute Gasteiger partial charge is 0.317 e. The fourth-order valence-electron chi connectivity index (χ4n) is 8.65. The average Bonchev–Trinajstić information content (AvgIpc) is 2.80. The van der Waals surface area contributed by atoms with Gasteiger partial charge in [0.1, 0.15) is 0 Å². The zero-order valence-electron chi connectivity index (χ0n) is 20.4. The lowest BCUT2D eigenvalue weighted by Gasteiger charge is -2.57. The number of amides is 2. The summed E-state index contributed by atoms with van der Waals surface area (Å²) in [5.41, 5.74) is 1.63. The molecule has 4 aliphatic carbocycles. The molecule has 0 aromatic heterocycles. The van der Waals surface area contributed by atoms with E-state index in [2.05, 4.69) is 45.4 Å². The van der Waals surface area contributed by atoms with Gasteiger partial charge in [-0.25, -0.2) is 4.79 Å². The predicted octanol–water partition coefficient (Wildman–Crippen LogP) is 5.33. The van der Waals surface area contributed by atoms with Gasteiger partial charge in [-0.1, -0.05) is 30.3 Å². The summed E-state index contributed by atoms with van der Waals surface area (Å²) >= 11 is 0. The Hall–Kier alpha value is -1.55. The molecule has 6 aliphatic rings. The highest BCUT2D eigenvalue weighted by molar-refractivity contribution is 5.75. The number of nitrogens with one attached hydrogen (secondary N) is 1. The second-order valence-corrected chi connectivity index (χ2v) is 12.5. The minimum absolute atomic E-state index is 0.138. The Morgan fingerprint density at radius 2 is 1.55 bits per heavy atom. The van der Waals surface area contributed by atoms with Gasteiger partial charge in [0, 0.05) is 25.2 Å². The van der Waals surface area contributed by atoms with Crippen LogP contribution in [0, 0.1) is 29.6 Å². The summed E-state index contributed by atoms with van der Waals surface area (Å²) in [5.74, 6) is 4.13. The van der Waals surface area contributed by atoms with E-state index in [4.69, 9.17) is 0 Å². The van der Waals surface area contributed by atoms with E-state index in [1.165, 1.54) is 95.8 Å². The van der Waals surface area contributed by atoms with Gasteiger partial charge in [-0.05, 0) is 119 Å². The monoisotopic (exact) mass is 449 g/mol. The van der Waals surface area contributed by atoms with Gasteiger partial charge in [0.05, 0.1) is 0 Å². The summed E-state index contributed by atoms with van der Waals surface area (Å²) in [6.07, 6.45) is 14.4. The summed E-state index contributed by atoms with van der Waals surface area (Å²) in [6.45, 7) is 5.55. The van der Waals surface area contributed by atoms with Crippen molar-refractivity contribution in [1.29, 1.82) is 0 Å². The SMILES string of the molecule is O=C(NC12CC3CC(CC(C3)C1)C2)N1CCCC(CN2CCC(Cc3ccccc3)CC2)C1. The summed E-state index contributed by atoms with van der Waals surface area (Å²) in [4.78, 5) is 18.2. The molecule has 1 aromatic carbocycles. The van der Waals surface area contributed by atoms with E-state index < -0.39 is 0 Å². The molecule has 1 aromatic rings. The molecule has 6 fully saturated rings. The molecule has 1 N–H and O–H groups in total. The number of nitrogens with zero attached hydrogens (tertiary/aromatic N) is 2. The summed E-state index contributed by atoms with van der Waals surface area (Å²) in [6, 6.07) is 11.2. The van der Waals surface area contributed by atoms with Gasteiger partial charge in [0.25, 0.3) is 0 Å². The molecule has 4 heteroatoms. The maximum absolute atomic E-state index is 13.3. The number of rotatable bonds is 5. The number of carbonyl (C=O) groups excluding carboxylic acids is 1. The van der Waals surface area contributed by atoms with Crippen molar-refractivity contribution in [3.05, 3.63) is 35.9 Å². The second-order valence-electron chi connectivity index (χ2n) is 12.5. The molecule has 4 saturated carbocycles. The first-order valence-electron chi connectivity index (χ1n) is 14.0. The topological polar surface area (TPSA) is 35.6 Å². The molecule has 0 radical (unpaired) electrons.